The van der Waals surface area contributed by atoms with Crippen LogP contribution in [0, 0.1) is 17.6 Å². The van der Waals surface area contributed by atoms with E-state index in [1.165, 1.54) is 0 Å². The van der Waals surface area contributed by atoms with Crippen LogP contribution in [-0.2, 0) is 21.4 Å². The van der Waals surface area contributed by atoms with Gasteiger partial charge in [0.1, 0.15) is 16.5 Å². The Morgan fingerprint density at radius 3 is 2.57 bits per heavy atom. The van der Waals surface area contributed by atoms with Gasteiger partial charge < -0.3 is 4.90 Å². The molecule has 0 saturated carbocycles. The number of nitrogens with zero attached hydrogens (tertiary/aromatic N) is 3. The van der Waals surface area contributed by atoms with E-state index in [2.05, 4.69) is 4.98 Å². The fourth-order valence-electron chi connectivity index (χ4n) is 3.28. The van der Waals surface area contributed by atoms with Gasteiger partial charge in [-0.05, 0) is 43.2 Å². The van der Waals surface area contributed by atoms with Gasteiger partial charge in [-0.3, -0.25) is 9.78 Å². The highest BCUT2D eigenvalue weighted by molar-refractivity contribution is 7.89. The molecule has 9 heteroatoms. The molecule has 0 spiro atoms. The summed E-state index contributed by atoms with van der Waals surface area (Å²) in [6.45, 7) is 0.519. The van der Waals surface area contributed by atoms with Gasteiger partial charge in [0.25, 0.3) is 0 Å². The summed E-state index contributed by atoms with van der Waals surface area (Å²) in [4.78, 5) is 17.7. The average Bonchev–Trinajstić information content (AvgIpc) is 2.70. The Morgan fingerprint density at radius 1 is 1.21 bits per heavy atom. The summed E-state index contributed by atoms with van der Waals surface area (Å²) >= 11 is 0. The number of benzene rings is 1. The molecule has 1 aromatic carbocycles. The van der Waals surface area contributed by atoms with Crippen molar-refractivity contribution < 1.29 is 22.0 Å². The Morgan fingerprint density at radius 2 is 1.93 bits per heavy atom. The van der Waals surface area contributed by atoms with Crippen LogP contribution in [0.25, 0.3) is 0 Å². The van der Waals surface area contributed by atoms with E-state index in [1.807, 2.05) is 12.1 Å². The Bertz CT molecular complexity index is 946. The number of sulfonamides is 1. The largest absolute Gasteiger partial charge is 0.340 e. The van der Waals surface area contributed by atoms with Crippen molar-refractivity contribution >= 4 is 15.9 Å². The molecule has 0 atom stereocenters. The maximum atomic E-state index is 13.9. The smallest absolute Gasteiger partial charge is 0.246 e. The Labute approximate surface area is 162 Å². The molecule has 28 heavy (non-hydrogen) atoms. The summed E-state index contributed by atoms with van der Waals surface area (Å²) < 4.78 is 53.6. The highest BCUT2D eigenvalue weighted by atomic mass is 32.2. The van der Waals surface area contributed by atoms with Crippen LogP contribution >= 0.6 is 0 Å². The highest BCUT2D eigenvalue weighted by Gasteiger charge is 2.34. The molecular weight excluding hydrogens is 388 g/mol. The second kappa shape index (κ2) is 8.32. The second-order valence-electron chi connectivity index (χ2n) is 6.77. The zero-order valence-corrected chi connectivity index (χ0v) is 16.2. The van der Waals surface area contributed by atoms with E-state index < -0.39 is 26.6 Å². The van der Waals surface area contributed by atoms with Crippen LogP contribution in [-0.4, -0.2) is 48.7 Å². The van der Waals surface area contributed by atoms with E-state index in [4.69, 9.17) is 0 Å². The number of piperidine rings is 1. The van der Waals surface area contributed by atoms with E-state index in [0.29, 0.717) is 25.5 Å². The Balaban J connectivity index is 1.63. The maximum Gasteiger partial charge on any atom is 0.246 e. The molecule has 0 radical (unpaired) electrons. The number of aromatic nitrogens is 1. The molecule has 0 N–H and O–H groups in total. The van der Waals surface area contributed by atoms with Crippen molar-refractivity contribution in [2.75, 3.05) is 20.1 Å². The molecular formula is C19H21F2N3O3S. The summed E-state index contributed by atoms with van der Waals surface area (Å²) in [7, 11) is -2.47. The van der Waals surface area contributed by atoms with E-state index in [0.717, 1.165) is 22.1 Å². The predicted octanol–water partition coefficient (Wildman–Crippen LogP) is 2.42. The van der Waals surface area contributed by atoms with Crippen LogP contribution in [0.2, 0.25) is 0 Å². The number of pyridine rings is 1. The minimum atomic E-state index is -4.15. The minimum Gasteiger partial charge on any atom is -0.340 e. The van der Waals surface area contributed by atoms with Crippen molar-refractivity contribution in [3.05, 3.63) is 59.9 Å². The van der Waals surface area contributed by atoms with Gasteiger partial charge in [0.05, 0.1) is 12.2 Å². The van der Waals surface area contributed by atoms with Crippen LogP contribution in [0.5, 0.6) is 0 Å². The number of carbonyl (C=O) groups is 1. The van der Waals surface area contributed by atoms with Gasteiger partial charge in [-0.25, -0.2) is 17.2 Å². The minimum absolute atomic E-state index is 0.0755. The van der Waals surface area contributed by atoms with Crippen LogP contribution in [0.4, 0.5) is 8.78 Å². The molecule has 1 aromatic heterocycles. The molecule has 0 aliphatic carbocycles. The van der Waals surface area contributed by atoms with Gasteiger partial charge in [-0.2, -0.15) is 4.31 Å². The highest BCUT2D eigenvalue weighted by Crippen LogP contribution is 2.27. The number of hydrogen-bond acceptors (Lipinski definition) is 4. The molecule has 6 nitrogen and oxygen atoms in total. The maximum absolute atomic E-state index is 13.9. The monoisotopic (exact) mass is 409 g/mol. The summed E-state index contributed by atoms with van der Waals surface area (Å²) in [6, 6.07) is 7.81. The quantitative estimate of drug-likeness (QED) is 0.761. The fourth-order valence-corrected chi connectivity index (χ4v) is 4.83. The third-order valence-electron chi connectivity index (χ3n) is 4.82. The summed E-state index contributed by atoms with van der Waals surface area (Å²) in [5.41, 5.74) is 0.764. The second-order valence-corrected chi connectivity index (χ2v) is 8.67. The van der Waals surface area contributed by atoms with Gasteiger partial charge in [-0.15, -0.1) is 0 Å². The first kappa shape index (κ1) is 20.3. The van der Waals surface area contributed by atoms with E-state index in [9.17, 15) is 22.0 Å². The van der Waals surface area contributed by atoms with Gasteiger partial charge in [-0.1, -0.05) is 6.07 Å². The van der Waals surface area contributed by atoms with E-state index >= 15 is 0 Å². The molecule has 2 aromatic rings. The van der Waals surface area contributed by atoms with Crippen LogP contribution in [0.1, 0.15) is 18.5 Å². The fraction of sp³-hybridized carbons (Fsp3) is 0.368. The lowest BCUT2D eigenvalue weighted by molar-refractivity contribution is -0.136. The molecule has 1 fully saturated rings. The molecule has 1 amide bonds. The van der Waals surface area contributed by atoms with Crippen molar-refractivity contribution in [1.82, 2.24) is 14.2 Å². The van der Waals surface area contributed by atoms with Crippen molar-refractivity contribution in [3.8, 4) is 0 Å². The first-order chi connectivity index (χ1) is 13.3. The van der Waals surface area contributed by atoms with Crippen LogP contribution in [0.15, 0.2) is 47.5 Å². The molecule has 2 heterocycles. The lowest BCUT2D eigenvalue weighted by Gasteiger charge is -2.32. The normalized spacial score (nSPS) is 16.1. The number of carbonyl (C=O) groups excluding carboxylic acids is 1. The lowest BCUT2D eigenvalue weighted by Crippen LogP contribution is -2.43. The zero-order valence-electron chi connectivity index (χ0n) is 15.4. The van der Waals surface area contributed by atoms with Gasteiger partial charge in [0, 0.05) is 32.3 Å². The summed E-state index contributed by atoms with van der Waals surface area (Å²) in [5.74, 6) is -2.21. The van der Waals surface area contributed by atoms with Gasteiger partial charge >= 0.3 is 0 Å². The topological polar surface area (TPSA) is 70.6 Å². The molecule has 1 aliphatic rings. The van der Waals surface area contributed by atoms with Crippen LogP contribution in [0.3, 0.4) is 0 Å². The third kappa shape index (κ3) is 4.36. The SMILES string of the molecule is CN(Cc1ccccn1)C(=O)C1CCN(S(=O)(=O)c2cc(F)ccc2F)CC1. The average molecular weight is 409 g/mol. The standard InChI is InChI=1S/C19H21F2N3O3S/c1-23(13-16-4-2-3-9-22-16)19(25)14-7-10-24(11-8-14)28(26,27)18-12-15(20)5-6-17(18)21/h2-6,9,12,14H,7-8,10-11,13H2,1H3. The number of amides is 1. The predicted molar refractivity (Wildman–Crippen MR) is 98.6 cm³/mol. The number of hydrogen-bond donors (Lipinski definition) is 0. The van der Waals surface area contributed by atoms with Crippen molar-refractivity contribution in [2.45, 2.75) is 24.3 Å². The van der Waals surface area contributed by atoms with Gasteiger partial charge in [0.15, 0.2) is 0 Å². The first-order valence-electron chi connectivity index (χ1n) is 8.89. The number of rotatable bonds is 5. The molecule has 0 bridgehead atoms. The lowest BCUT2D eigenvalue weighted by atomic mass is 9.96. The summed E-state index contributed by atoms with van der Waals surface area (Å²) in [6.07, 6.45) is 2.30. The Hall–Kier alpha value is -2.39. The van der Waals surface area contributed by atoms with Crippen molar-refractivity contribution in [3.63, 3.8) is 0 Å². The molecule has 3 rings (SSSR count). The first-order valence-corrected chi connectivity index (χ1v) is 10.3. The van der Waals surface area contributed by atoms with Crippen molar-refractivity contribution in [1.29, 1.82) is 0 Å². The van der Waals surface area contributed by atoms with Crippen molar-refractivity contribution in [2.24, 2.45) is 5.92 Å². The third-order valence-corrected chi connectivity index (χ3v) is 6.73. The number of halogens is 2. The zero-order chi connectivity index (χ0) is 20.3. The van der Waals surface area contributed by atoms with Gasteiger partial charge in [0.2, 0.25) is 15.9 Å². The molecule has 0 unspecified atom stereocenters. The van der Waals surface area contributed by atoms with E-state index in [-0.39, 0.29) is 24.9 Å². The molecule has 1 saturated heterocycles. The molecule has 150 valence electrons. The summed E-state index contributed by atoms with van der Waals surface area (Å²) in [5, 5.41) is 0. The van der Waals surface area contributed by atoms with E-state index in [1.54, 1.807) is 24.2 Å². The molecule has 1 aliphatic heterocycles. The van der Waals surface area contributed by atoms with Crippen LogP contribution < -0.4 is 0 Å². The Kier molecular flexibility index (Phi) is 6.04.